The van der Waals surface area contributed by atoms with E-state index in [1.165, 1.54) is 6.07 Å². The molecule has 18 heavy (non-hydrogen) atoms. The minimum Gasteiger partial charge on any atom is -0.383 e. The number of halogens is 3. The molecular weight excluding hydrogens is 245 g/mol. The lowest BCUT2D eigenvalue weighted by Gasteiger charge is -2.10. The second kappa shape index (κ2) is 3.77. The average molecular weight is 252 g/mol. The van der Waals surface area contributed by atoms with Gasteiger partial charge in [-0.05, 0) is 12.1 Å². The van der Waals surface area contributed by atoms with E-state index < -0.39 is 11.7 Å². The number of alkyl halides is 3. The molecule has 0 aliphatic heterocycles. The standard InChI is InChI=1S/C11H7F3N4/c12-11(13,14)5-1-2-6-7(3-5)9(16)18-10(17)8(6)4-15/h1-3H,(H4,16,17,18). The van der Waals surface area contributed by atoms with Crippen molar-refractivity contribution in [2.75, 3.05) is 11.5 Å². The maximum atomic E-state index is 12.6. The predicted molar refractivity (Wildman–Crippen MR) is 60.3 cm³/mol. The molecule has 0 spiro atoms. The van der Waals surface area contributed by atoms with Crippen molar-refractivity contribution in [1.29, 1.82) is 5.26 Å². The first-order valence-electron chi connectivity index (χ1n) is 4.80. The maximum Gasteiger partial charge on any atom is 0.416 e. The van der Waals surface area contributed by atoms with Crippen LogP contribution in [-0.2, 0) is 6.18 Å². The molecule has 7 heteroatoms. The van der Waals surface area contributed by atoms with E-state index in [2.05, 4.69) is 4.98 Å². The third-order valence-corrected chi connectivity index (χ3v) is 2.50. The van der Waals surface area contributed by atoms with Crippen LogP contribution in [0.2, 0.25) is 0 Å². The highest BCUT2D eigenvalue weighted by Gasteiger charge is 2.31. The Balaban J connectivity index is 2.85. The molecule has 0 aliphatic carbocycles. The van der Waals surface area contributed by atoms with Crippen LogP contribution in [0.25, 0.3) is 10.8 Å². The summed E-state index contributed by atoms with van der Waals surface area (Å²) in [6.07, 6.45) is -4.48. The Labute approximate surface area is 99.6 Å². The molecule has 0 fully saturated rings. The lowest BCUT2D eigenvalue weighted by atomic mass is 10.0. The summed E-state index contributed by atoms with van der Waals surface area (Å²) in [6, 6.07) is 4.71. The second-order valence-corrected chi connectivity index (χ2v) is 3.63. The molecule has 0 aliphatic rings. The molecule has 2 aromatic rings. The third-order valence-electron chi connectivity index (χ3n) is 2.50. The van der Waals surface area contributed by atoms with Crippen LogP contribution >= 0.6 is 0 Å². The SMILES string of the molecule is N#Cc1c(N)nc(N)c2cc(C(F)(F)F)ccc12. The van der Waals surface area contributed by atoms with Crippen LogP contribution in [0.3, 0.4) is 0 Å². The number of hydrogen-bond acceptors (Lipinski definition) is 4. The van der Waals surface area contributed by atoms with E-state index >= 15 is 0 Å². The lowest BCUT2D eigenvalue weighted by molar-refractivity contribution is -0.137. The highest BCUT2D eigenvalue weighted by Crippen LogP contribution is 2.34. The number of pyridine rings is 1. The molecule has 0 bridgehead atoms. The normalized spacial score (nSPS) is 11.4. The van der Waals surface area contributed by atoms with Gasteiger partial charge in [0.15, 0.2) is 0 Å². The van der Waals surface area contributed by atoms with E-state index in [4.69, 9.17) is 16.7 Å². The van der Waals surface area contributed by atoms with Gasteiger partial charge in [0.25, 0.3) is 0 Å². The van der Waals surface area contributed by atoms with Crippen LogP contribution in [0.5, 0.6) is 0 Å². The van der Waals surface area contributed by atoms with Gasteiger partial charge in [0.1, 0.15) is 23.3 Å². The number of benzene rings is 1. The number of nitriles is 1. The van der Waals surface area contributed by atoms with Crippen molar-refractivity contribution in [3.8, 4) is 6.07 Å². The zero-order valence-electron chi connectivity index (χ0n) is 8.92. The molecule has 1 aromatic carbocycles. The first kappa shape index (κ1) is 12.0. The van der Waals surface area contributed by atoms with Gasteiger partial charge in [0, 0.05) is 10.8 Å². The largest absolute Gasteiger partial charge is 0.416 e. The van der Waals surface area contributed by atoms with Crippen molar-refractivity contribution in [3.63, 3.8) is 0 Å². The Morgan fingerprint density at radius 1 is 1.11 bits per heavy atom. The van der Waals surface area contributed by atoms with Gasteiger partial charge >= 0.3 is 6.18 Å². The molecule has 4 N–H and O–H groups in total. The number of nitrogens with zero attached hydrogens (tertiary/aromatic N) is 2. The van der Waals surface area contributed by atoms with Gasteiger partial charge in [-0.25, -0.2) is 4.98 Å². The Hall–Kier alpha value is -2.49. The van der Waals surface area contributed by atoms with Crippen LogP contribution in [-0.4, -0.2) is 4.98 Å². The summed E-state index contributed by atoms with van der Waals surface area (Å²) in [4.78, 5) is 3.66. The number of rotatable bonds is 0. The molecule has 2 rings (SSSR count). The Kier molecular flexibility index (Phi) is 2.51. The number of nitrogens with two attached hydrogens (primary N) is 2. The Morgan fingerprint density at radius 2 is 1.78 bits per heavy atom. The minimum absolute atomic E-state index is 0.0212. The fraction of sp³-hybridized carbons (Fsp3) is 0.0909. The van der Waals surface area contributed by atoms with Gasteiger partial charge < -0.3 is 11.5 Å². The summed E-state index contributed by atoms with van der Waals surface area (Å²) in [5.41, 5.74) is 10.2. The topological polar surface area (TPSA) is 88.7 Å². The Morgan fingerprint density at radius 3 is 2.33 bits per heavy atom. The fourth-order valence-corrected chi connectivity index (χ4v) is 1.65. The van der Waals surface area contributed by atoms with E-state index in [-0.39, 0.29) is 28.0 Å². The first-order chi connectivity index (χ1) is 8.34. The zero-order chi connectivity index (χ0) is 13.5. The molecule has 0 unspecified atom stereocenters. The Bertz CT molecular complexity index is 671. The summed E-state index contributed by atoms with van der Waals surface area (Å²) in [5, 5.41) is 9.23. The molecule has 0 saturated carbocycles. The van der Waals surface area contributed by atoms with Gasteiger partial charge in [-0.3, -0.25) is 0 Å². The second-order valence-electron chi connectivity index (χ2n) is 3.63. The average Bonchev–Trinajstić information content (AvgIpc) is 2.27. The van der Waals surface area contributed by atoms with Crippen LogP contribution < -0.4 is 11.5 Å². The molecule has 0 atom stereocenters. The van der Waals surface area contributed by atoms with Crippen molar-refractivity contribution in [2.24, 2.45) is 0 Å². The number of nitrogen functional groups attached to an aromatic ring is 2. The predicted octanol–water partition coefficient (Wildman–Crippen LogP) is 2.29. The molecule has 4 nitrogen and oxygen atoms in total. The first-order valence-corrected chi connectivity index (χ1v) is 4.80. The summed E-state index contributed by atoms with van der Waals surface area (Å²) < 4.78 is 37.7. The highest BCUT2D eigenvalue weighted by atomic mass is 19.4. The highest BCUT2D eigenvalue weighted by molar-refractivity contribution is 5.98. The quantitative estimate of drug-likeness (QED) is 0.752. The lowest BCUT2D eigenvalue weighted by Crippen LogP contribution is -2.06. The fourth-order valence-electron chi connectivity index (χ4n) is 1.65. The summed E-state index contributed by atoms with van der Waals surface area (Å²) in [6.45, 7) is 0. The number of anilines is 2. The van der Waals surface area contributed by atoms with E-state index in [1.807, 2.05) is 0 Å². The van der Waals surface area contributed by atoms with Crippen molar-refractivity contribution in [2.45, 2.75) is 6.18 Å². The van der Waals surface area contributed by atoms with Crippen molar-refractivity contribution >= 4 is 22.4 Å². The number of aromatic nitrogens is 1. The van der Waals surface area contributed by atoms with E-state index in [0.29, 0.717) is 0 Å². The monoisotopic (exact) mass is 252 g/mol. The zero-order valence-corrected chi connectivity index (χ0v) is 8.92. The summed E-state index contributed by atoms with van der Waals surface area (Å²) in [5.74, 6) is -0.227. The van der Waals surface area contributed by atoms with E-state index in [0.717, 1.165) is 12.1 Å². The van der Waals surface area contributed by atoms with Crippen LogP contribution in [0.4, 0.5) is 24.8 Å². The molecule has 0 radical (unpaired) electrons. The third kappa shape index (κ3) is 1.78. The number of fused-ring (bicyclic) bond motifs is 1. The van der Waals surface area contributed by atoms with E-state index in [1.54, 1.807) is 6.07 Å². The molecule has 0 amide bonds. The van der Waals surface area contributed by atoms with Gasteiger partial charge in [0.05, 0.1) is 5.56 Å². The molecule has 92 valence electrons. The molecule has 1 aromatic heterocycles. The minimum atomic E-state index is -4.48. The van der Waals surface area contributed by atoms with Gasteiger partial charge in [-0.1, -0.05) is 6.07 Å². The van der Waals surface area contributed by atoms with Crippen molar-refractivity contribution < 1.29 is 13.2 Å². The van der Waals surface area contributed by atoms with Gasteiger partial charge in [-0.2, -0.15) is 18.4 Å². The van der Waals surface area contributed by atoms with Crippen LogP contribution in [0.15, 0.2) is 18.2 Å². The van der Waals surface area contributed by atoms with Crippen molar-refractivity contribution in [3.05, 3.63) is 29.3 Å². The summed E-state index contributed by atoms with van der Waals surface area (Å²) >= 11 is 0. The van der Waals surface area contributed by atoms with Gasteiger partial charge in [0.2, 0.25) is 0 Å². The number of hydrogen-bond donors (Lipinski definition) is 2. The van der Waals surface area contributed by atoms with Crippen molar-refractivity contribution in [1.82, 2.24) is 4.98 Å². The molecular formula is C11H7F3N4. The molecule has 1 heterocycles. The van der Waals surface area contributed by atoms with Crippen LogP contribution in [0.1, 0.15) is 11.1 Å². The van der Waals surface area contributed by atoms with E-state index in [9.17, 15) is 13.2 Å². The summed E-state index contributed by atoms with van der Waals surface area (Å²) in [7, 11) is 0. The van der Waals surface area contributed by atoms with Crippen LogP contribution in [0, 0.1) is 11.3 Å². The molecule has 0 saturated heterocycles. The maximum absolute atomic E-state index is 12.6. The van der Waals surface area contributed by atoms with Gasteiger partial charge in [-0.15, -0.1) is 0 Å². The smallest absolute Gasteiger partial charge is 0.383 e.